The Morgan fingerprint density at radius 3 is 2.55 bits per heavy atom. The topological polar surface area (TPSA) is 96.3 Å². The number of hydrogen-bond donors (Lipinski definition) is 2. The molecule has 22 heavy (non-hydrogen) atoms. The highest BCUT2D eigenvalue weighted by molar-refractivity contribution is 6.52. The molecule has 0 saturated carbocycles. The molecule has 120 valence electrons. The van der Waals surface area contributed by atoms with Gasteiger partial charge in [-0.25, -0.2) is 4.39 Å². The van der Waals surface area contributed by atoms with Gasteiger partial charge in [-0.15, -0.1) is 0 Å². The van der Waals surface area contributed by atoms with Crippen LogP contribution in [0.5, 0.6) is 0 Å². The highest BCUT2D eigenvalue weighted by atomic mass is 19.1. The van der Waals surface area contributed by atoms with Crippen LogP contribution in [0.25, 0.3) is 0 Å². The Balaban J connectivity index is 2.07. The van der Waals surface area contributed by atoms with Gasteiger partial charge in [0.2, 0.25) is 0 Å². The zero-order valence-electron chi connectivity index (χ0n) is 12.0. The van der Waals surface area contributed by atoms with Crippen LogP contribution in [0.15, 0.2) is 18.2 Å². The van der Waals surface area contributed by atoms with Crippen LogP contribution in [0.4, 0.5) is 10.1 Å². The zero-order valence-corrected chi connectivity index (χ0v) is 12.0. The first-order chi connectivity index (χ1) is 10.3. The molecule has 8 heteroatoms. The molecular formula is C14H16FNO6. The number of rotatable bonds is 6. The molecule has 1 amide bonds. The van der Waals surface area contributed by atoms with Gasteiger partial charge in [0.05, 0.1) is 17.8 Å². The summed E-state index contributed by atoms with van der Waals surface area (Å²) in [6.07, 6.45) is -3.45. The van der Waals surface area contributed by atoms with E-state index in [1.54, 1.807) is 0 Å². The Hall–Kier alpha value is -1.87. The number of amides is 1. The molecule has 0 spiro atoms. The number of ether oxygens (including phenoxy) is 2. The van der Waals surface area contributed by atoms with Gasteiger partial charge in [0.1, 0.15) is 5.82 Å². The van der Waals surface area contributed by atoms with E-state index in [2.05, 4.69) is 0 Å². The van der Waals surface area contributed by atoms with Crippen molar-refractivity contribution in [2.45, 2.75) is 32.7 Å². The van der Waals surface area contributed by atoms with E-state index in [0.29, 0.717) is 0 Å². The lowest BCUT2D eigenvalue weighted by molar-refractivity contribution is -0.261. The summed E-state index contributed by atoms with van der Waals surface area (Å²) in [6.45, 7) is 2.51. The van der Waals surface area contributed by atoms with Crippen molar-refractivity contribution < 1.29 is 33.7 Å². The molecule has 0 radical (unpaired) electrons. The molecule has 3 unspecified atom stereocenters. The van der Waals surface area contributed by atoms with Gasteiger partial charge in [-0.1, -0.05) is 0 Å². The van der Waals surface area contributed by atoms with Crippen LogP contribution in [-0.2, 0) is 14.3 Å². The molecule has 1 heterocycles. The summed E-state index contributed by atoms with van der Waals surface area (Å²) in [6, 6.07) is 3.38. The first-order valence-corrected chi connectivity index (χ1v) is 6.62. The molecule has 1 aliphatic rings. The van der Waals surface area contributed by atoms with Crippen molar-refractivity contribution in [1.82, 2.24) is 0 Å². The number of aliphatic hydroxyl groups is 2. The monoisotopic (exact) mass is 313 g/mol. The number of anilines is 1. The van der Waals surface area contributed by atoms with E-state index in [1.807, 2.05) is 0 Å². The van der Waals surface area contributed by atoms with Crippen LogP contribution < -0.4 is 4.90 Å². The maximum Gasteiger partial charge on any atom is 0.299 e. The van der Waals surface area contributed by atoms with Crippen molar-refractivity contribution >= 4 is 17.4 Å². The number of nitrogens with zero attached hydrogens (tertiary/aromatic N) is 1. The summed E-state index contributed by atoms with van der Waals surface area (Å²) in [5.74, 6) is -2.33. The maximum absolute atomic E-state index is 13.1. The Kier molecular flexibility index (Phi) is 4.87. The molecule has 0 aromatic heterocycles. The second-order valence-corrected chi connectivity index (χ2v) is 4.80. The fraction of sp³-hybridized carbons (Fsp3) is 0.429. The molecule has 1 aromatic carbocycles. The average molecular weight is 313 g/mol. The van der Waals surface area contributed by atoms with Crippen LogP contribution in [0, 0.1) is 5.82 Å². The number of carbonyl (C=O) groups is 2. The van der Waals surface area contributed by atoms with Crippen LogP contribution in [0.3, 0.4) is 0 Å². The van der Waals surface area contributed by atoms with Gasteiger partial charge in [-0.05, 0) is 32.0 Å². The highest BCUT2D eigenvalue weighted by Gasteiger charge is 2.37. The van der Waals surface area contributed by atoms with E-state index >= 15 is 0 Å². The summed E-state index contributed by atoms with van der Waals surface area (Å²) >= 11 is 0. The number of Topliss-reactive ketones (excluding diaryl/α,β-unsaturated/α-hetero) is 1. The number of fused-ring (bicyclic) bond motifs is 1. The number of aliphatic hydroxyl groups excluding tert-OH is 2. The van der Waals surface area contributed by atoms with Crippen molar-refractivity contribution in [3.8, 4) is 0 Å². The van der Waals surface area contributed by atoms with Gasteiger partial charge >= 0.3 is 0 Å². The molecule has 2 rings (SSSR count). The van der Waals surface area contributed by atoms with Gasteiger partial charge in [0.25, 0.3) is 11.7 Å². The van der Waals surface area contributed by atoms with E-state index < -0.39 is 36.4 Å². The maximum atomic E-state index is 13.1. The Morgan fingerprint density at radius 2 is 1.91 bits per heavy atom. The number of benzene rings is 1. The summed E-state index contributed by atoms with van der Waals surface area (Å²) in [5.41, 5.74) is 0.161. The smallest absolute Gasteiger partial charge is 0.299 e. The second kappa shape index (κ2) is 6.49. The van der Waals surface area contributed by atoms with Gasteiger partial charge in [-0.2, -0.15) is 0 Å². The zero-order chi connectivity index (χ0) is 16.4. The fourth-order valence-corrected chi connectivity index (χ4v) is 2.18. The normalized spacial score (nSPS) is 18.3. The van der Waals surface area contributed by atoms with Crippen LogP contribution >= 0.6 is 0 Å². The van der Waals surface area contributed by atoms with E-state index in [4.69, 9.17) is 14.6 Å². The summed E-state index contributed by atoms with van der Waals surface area (Å²) < 4.78 is 23.1. The number of β-amino-alcohol motifs (C(OH)–C–C–N with tert-alkyl or cyclic N) is 1. The fourth-order valence-electron chi connectivity index (χ4n) is 2.18. The molecule has 0 bridgehead atoms. The molecule has 2 N–H and O–H groups in total. The number of carbonyl (C=O) groups excluding carboxylic acids is 2. The number of hydrogen-bond acceptors (Lipinski definition) is 6. The molecule has 1 aromatic rings. The first-order valence-electron chi connectivity index (χ1n) is 6.62. The van der Waals surface area contributed by atoms with Gasteiger partial charge in [0, 0.05) is 0 Å². The second-order valence-electron chi connectivity index (χ2n) is 4.80. The van der Waals surface area contributed by atoms with Crippen LogP contribution in [-0.4, -0.2) is 47.3 Å². The van der Waals surface area contributed by atoms with E-state index in [1.165, 1.54) is 19.9 Å². The van der Waals surface area contributed by atoms with Gasteiger partial charge in [0.15, 0.2) is 18.9 Å². The van der Waals surface area contributed by atoms with Crippen LogP contribution in [0.2, 0.25) is 0 Å². The molecule has 3 atom stereocenters. The average Bonchev–Trinajstić information content (AvgIpc) is 2.62. The standard InChI is InChI=1S/C14H16FNO6/c1-7(17)21-8(2)22-12(18)6-16-11-4-3-9(15)5-10(11)13(19)14(16)20/h3-5,7-8,12,17-18H,6H2,1-2H3. The van der Waals surface area contributed by atoms with Crippen molar-refractivity contribution in [2.24, 2.45) is 0 Å². The molecule has 0 fully saturated rings. The molecule has 1 aliphatic heterocycles. The van der Waals surface area contributed by atoms with Crippen molar-refractivity contribution in [3.05, 3.63) is 29.6 Å². The Bertz CT molecular complexity index is 591. The third-order valence-corrected chi connectivity index (χ3v) is 3.01. The minimum Gasteiger partial charge on any atom is -0.368 e. The van der Waals surface area contributed by atoms with Crippen LogP contribution in [0.1, 0.15) is 24.2 Å². The number of halogens is 1. The largest absolute Gasteiger partial charge is 0.368 e. The van der Waals surface area contributed by atoms with Gasteiger partial charge in [-0.3, -0.25) is 14.5 Å². The summed E-state index contributed by atoms with van der Waals surface area (Å²) in [5, 5.41) is 18.8. The van der Waals surface area contributed by atoms with E-state index in [-0.39, 0.29) is 17.8 Å². The number of ketones is 1. The van der Waals surface area contributed by atoms with Crippen molar-refractivity contribution in [1.29, 1.82) is 0 Å². The Morgan fingerprint density at radius 1 is 1.23 bits per heavy atom. The SMILES string of the molecule is CC(O)OC(C)OC(O)CN1C(=O)C(=O)c2cc(F)ccc21. The minimum absolute atomic E-state index is 0.0505. The lowest BCUT2D eigenvalue weighted by Gasteiger charge is -2.24. The molecule has 0 saturated heterocycles. The van der Waals surface area contributed by atoms with E-state index in [0.717, 1.165) is 17.0 Å². The predicted molar refractivity (Wildman–Crippen MR) is 72.4 cm³/mol. The lowest BCUT2D eigenvalue weighted by Crippen LogP contribution is -2.39. The Labute approximate surface area is 125 Å². The van der Waals surface area contributed by atoms with Crippen molar-refractivity contribution in [3.63, 3.8) is 0 Å². The molecule has 7 nitrogen and oxygen atoms in total. The van der Waals surface area contributed by atoms with E-state index in [9.17, 15) is 19.1 Å². The third-order valence-electron chi connectivity index (χ3n) is 3.01. The molecular weight excluding hydrogens is 297 g/mol. The lowest BCUT2D eigenvalue weighted by atomic mass is 10.1. The highest BCUT2D eigenvalue weighted by Crippen LogP contribution is 2.29. The van der Waals surface area contributed by atoms with Gasteiger partial charge < -0.3 is 19.7 Å². The first kappa shape index (κ1) is 16.5. The quantitative estimate of drug-likeness (QED) is 0.582. The minimum atomic E-state index is -1.44. The molecule has 0 aliphatic carbocycles. The summed E-state index contributed by atoms with van der Waals surface area (Å²) in [4.78, 5) is 24.7. The van der Waals surface area contributed by atoms with Crippen molar-refractivity contribution in [2.75, 3.05) is 11.4 Å². The summed E-state index contributed by atoms with van der Waals surface area (Å²) in [7, 11) is 0. The predicted octanol–water partition coefficient (Wildman–Crippen LogP) is 0.391. The third kappa shape index (κ3) is 3.47.